The van der Waals surface area contributed by atoms with Gasteiger partial charge in [0, 0.05) is 44.7 Å². The summed E-state index contributed by atoms with van der Waals surface area (Å²) in [6.07, 6.45) is 2.10. The highest BCUT2D eigenvalue weighted by Gasteiger charge is 2.31. The molecule has 0 spiro atoms. The summed E-state index contributed by atoms with van der Waals surface area (Å²) in [6.45, 7) is 3.72. The summed E-state index contributed by atoms with van der Waals surface area (Å²) in [6, 6.07) is 16.8. The Morgan fingerprint density at radius 3 is 2.24 bits per heavy atom. The molecule has 200 valence electrons. The Hall–Kier alpha value is -2.57. The van der Waals surface area contributed by atoms with Crippen LogP contribution >= 0.6 is 0 Å². The van der Waals surface area contributed by atoms with Gasteiger partial charge >= 0.3 is 0 Å². The minimum Gasteiger partial charge on any atom is -0.396 e. The SMILES string of the molecule is CC(CCCO)CNc1ccc2cc(S(=O)(=O)N3CCCN(S(=O)(=O)c4ccccc4)CC3)ccc2n1. The lowest BCUT2D eigenvalue weighted by Crippen LogP contribution is -2.37. The largest absolute Gasteiger partial charge is 0.396 e. The third kappa shape index (κ3) is 6.47. The summed E-state index contributed by atoms with van der Waals surface area (Å²) in [5, 5.41) is 13.0. The van der Waals surface area contributed by atoms with Crippen LogP contribution in [0.15, 0.2) is 70.5 Å². The van der Waals surface area contributed by atoms with Gasteiger partial charge in [0.15, 0.2) is 0 Å². The van der Waals surface area contributed by atoms with Crippen molar-refractivity contribution >= 4 is 36.8 Å². The Labute approximate surface area is 219 Å². The first-order valence-corrected chi connectivity index (χ1v) is 15.4. The molecule has 1 aliphatic heterocycles. The van der Waals surface area contributed by atoms with E-state index in [4.69, 9.17) is 5.11 Å². The lowest BCUT2D eigenvalue weighted by Gasteiger charge is -2.22. The van der Waals surface area contributed by atoms with Crippen molar-refractivity contribution in [1.82, 2.24) is 13.6 Å². The zero-order valence-corrected chi connectivity index (χ0v) is 22.6. The lowest BCUT2D eigenvalue weighted by atomic mass is 10.1. The highest BCUT2D eigenvalue weighted by molar-refractivity contribution is 7.89. The summed E-state index contributed by atoms with van der Waals surface area (Å²) < 4.78 is 55.6. The van der Waals surface area contributed by atoms with Gasteiger partial charge < -0.3 is 10.4 Å². The van der Waals surface area contributed by atoms with Gasteiger partial charge in [-0.25, -0.2) is 21.8 Å². The number of aliphatic hydroxyl groups is 1. The molecule has 0 aliphatic carbocycles. The monoisotopic (exact) mass is 546 g/mol. The summed E-state index contributed by atoms with van der Waals surface area (Å²) in [5.41, 5.74) is 0.683. The number of benzene rings is 2. The van der Waals surface area contributed by atoms with Gasteiger partial charge in [0.2, 0.25) is 20.0 Å². The molecule has 1 unspecified atom stereocenters. The van der Waals surface area contributed by atoms with Gasteiger partial charge in [-0.2, -0.15) is 8.61 Å². The molecule has 1 atom stereocenters. The van der Waals surface area contributed by atoms with Crippen molar-refractivity contribution in [1.29, 1.82) is 0 Å². The van der Waals surface area contributed by atoms with E-state index in [0.717, 1.165) is 19.4 Å². The van der Waals surface area contributed by atoms with Crippen molar-refractivity contribution in [3.05, 3.63) is 60.7 Å². The molecule has 2 aromatic carbocycles. The lowest BCUT2D eigenvalue weighted by molar-refractivity contribution is 0.275. The third-order valence-corrected chi connectivity index (χ3v) is 10.4. The fraction of sp³-hybridized carbons (Fsp3) is 0.423. The summed E-state index contributed by atoms with van der Waals surface area (Å²) in [5.74, 6) is 1.11. The maximum absolute atomic E-state index is 13.4. The Balaban J connectivity index is 1.46. The van der Waals surface area contributed by atoms with E-state index in [1.54, 1.807) is 48.5 Å². The topological polar surface area (TPSA) is 120 Å². The van der Waals surface area contributed by atoms with E-state index >= 15 is 0 Å². The van der Waals surface area contributed by atoms with Crippen LogP contribution in [0.3, 0.4) is 0 Å². The summed E-state index contributed by atoms with van der Waals surface area (Å²) >= 11 is 0. The first kappa shape index (κ1) is 27.5. The van der Waals surface area contributed by atoms with Crippen LogP contribution in [-0.2, 0) is 20.0 Å². The number of sulfonamides is 2. The maximum atomic E-state index is 13.4. The molecule has 9 nitrogen and oxygen atoms in total. The van der Waals surface area contributed by atoms with E-state index in [2.05, 4.69) is 17.2 Å². The second-order valence-electron chi connectivity index (χ2n) is 9.38. The molecule has 0 amide bonds. The van der Waals surface area contributed by atoms with Crippen molar-refractivity contribution in [2.75, 3.05) is 44.6 Å². The molecule has 0 bridgehead atoms. The minimum absolute atomic E-state index is 0.0853. The second-order valence-corrected chi connectivity index (χ2v) is 13.3. The molecule has 1 aromatic heterocycles. The predicted molar refractivity (Wildman–Crippen MR) is 144 cm³/mol. The third-order valence-electron chi connectivity index (χ3n) is 6.58. The molecule has 11 heteroatoms. The smallest absolute Gasteiger partial charge is 0.243 e. The molecule has 1 aliphatic rings. The second kappa shape index (κ2) is 11.9. The Morgan fingerprint density at radius 1 is 0.892 bits per heavy atom. The van der Waals surface area contributed by atoms with Crippen molar-refractivity contribution < 1.29 is 21.9 Å². The van der Waals surface area contributed by atoms with Crippen LogP contribution in [0, 0.1) is 5.92 Å². The molecule has 0 radical (unpaired) electrons. The van der Waals surface area contributed by atoms with Crippen LogP contribution in [0.25, 0.3) is 10.9 Å². The van der Waals surface area contributed by atoms with Crippen molar-refractivity contribution in [2.45, 2.75) is 36.0 Å². The molecule has 4 rings (SSSR count). The minimum atomic E-state index is -3.80. The van der Waals surface area contributed by atoms with Crippen LogP contribution in [0.4, 0.5) is 5.82 Å². The average molecular weight is 547 g/mol. The van der Waals surface area contributed by atoms with Crippen LogP contribution < -0.4 is 5.32 Å². The molecule has 0 saturated carbocycles. The van der Waals surface area contributed by atoms with Crippen molar-refractivity contribution in [2.24, 2.45) is 5.92 Å². The average Bonchev–Trinajstić information content (AvgIpc) is 3.18. The van der Waals surface area contributed by atoms with Gasteiger partial charge in [-0.15, -0.1) is 0 Å². The standard InChI is InChI=1S/C26H34N4O5S2/c1-21(7-5-18-31)20-27-26-13-10-22-19-24(11-12-25(22)28-26)37(34,35)30-15-6-14-29(16-17-30)36(32,33)23-8-3-2-4-9-23/h2-4,8-13,19,21,31H,5-7,14-18,20H2,1H3,(H,27,28). The Morgan fingerprint density at radius 2 is 1.57 bits per heavy atom. The van der Waals surface area contributed by atoms with Gasteiger partial charge in [-0.3, -0.25) is 0 Å². The first-order valence-electron chi connectivity index (χ1n) is 12.5. The van der Waals surface area contributed by atoms with E-state index in [1.807, 2.05) is 12.1 Å². The van der Waals surface area contributed by atoms with E-state index < -0.39 is 20.0 Å². The highest BCUT2D eigenvalue weighted by Crippen LogP contribution is 2.25. The number of anilines is 1. The number of rotatable bonds is 10. The van der Waals surface area contributed by atoms with Gasteiger partial charge in [0.1, 0.15) is 5.82 Å². The molecule has 1 saturated heterocycles. The number of pyridine rings is 1. The predicted octanol–water partition coefficient (Wildman–Crippen LogP) is 3.14. The zero-order valence-electron chi connectivity index (χ0n) is 21.0. The van der Waals surface area contributed by atoms with Crippen molar-refractivity contribution in [3.63, 3.8) is 0 Å². The number of hydrogen-bond acceptors (Lipinski definition) is 7. The molecular weight excluding hydrogens is 512 g/mol. The van der Waals surface area contributed by atoms with Crippen LogP contribution in [-0.4, -0.2) is 74.9 Å². The van der Waals surface area contributed by atoms with Gasteiger partial charge in [0.25, 0.3) is 0 Å². The number of aliphatic hydroxyl groups excluding tert-OH is 1. The Kier molecular flexibility index (Phi) is 8.81. The van der Waals surface area contributed by atoms with Crippen molar-refractivity contribution in [3.8, 4) is 0 Å². The Bertz CT molecular complexity index is 1420. The van der Waals surface area contributed by atoms with Crippen LogP contribution in [0.5, 0.6) is 0 Å². The van der Waals surface area contributed by atoms with E-state index in [1.165, 1.54) is 8.61 Å². The van der Waals surface area contributed by atoms with E-state index in [-0.39, 0.29) is 42.6 Å². The number of fused-ring (bicyclic) bond motifs is 1. The zero-order chi connectivity index (χ0) is 26.5. The highest BCUT2D eigenvalue weighted by atomic mass is 32.2. The van der Waals surface area contributed by atoms with Gasteiger partial charge in [-0.1, -0.05) is 25.1 Å². The number of hydrogen-bond donors (Lipinski definition) is 2. The molecule has 37 heavy (non-hydrogen) atoms. The molecule has 3 aromatic rings. The first-order chi connectivity index (χ1) is 17.7. The number of nitrogens with one attached hydrogen (secondary N) is 1. The fourth-order valence-electron chi connectivity index (χ4n) is 4.42. The summed E-state index contributed by atoms with van der Waals surface area (Å²) in [7, 11) is -7.48. The van der Waals surface area contributed by atoms with Crippen LogP contribution in [0.1, 0.15) is 26.2 Å². The van der Waals surface area contributed by atoms with E-state index in [9.17, 15) is 16.8 Å². The van der Waals surface area contributed by atoms with Gasteiger partial charge in [-0.05, 0) is 67.6 Å². The van der Waals surface area contributed by atoms with E-state index in [0.29, 0.717) is 29.1 Å². The van der Waals surface area contributed by atoms with Gasteiger partial charge in [0.05, 0.1) is 15.3 Å². The quantitative estimate of drug-likeness (QED) is 0.401. The fourth-order valence-corrected chi connectivity index (χ4v) is 7.42. The molecule has 2 heterocycles. The number of aromatic nitrogens is 1. The molecule has 2 N–H and O–H groups in total. The molecule has 1 fully saturated rings. The summed E-state index contributed by atoms with van der Waals surface area (Å²) in [4.78, 5) is 4.98. The normalized spacial score (nSPS) is 16.9. The maximum Gasteiger partial charge on any atom is 0.243 e. The molecular formula is C26H34N4O5S2. The number of nitrogens with zero attached hydrogens (tertiary/aromatic N) is 3. The van der Waals surface area contributed by atoms with Crippen LogP contribution in [0.2, 0.25) is 0 Å².